The molecule has 1 fully saturated rings. The van der Waals surface area contributed by atoms with Gasteiger partial charge < -0.3 is 14.4 Å². The van der Waals surface area contributed by atoms with Crippen LogP contribution in [-0.4, -0.2) is 22.4 Å². The number of aliphatic hydroxyl groups excluding tert-OH is 1. The van der Waals surface area contributed by atoms with Gasteiger partial charge in [0.25, 0.3) is 0 Å². The lowest BCUT2D eigenvalue weighted by molar-refractivity contribution is 0.0969. The molecule has 1 N–H and O–H groups in total. The summed E-state index contributed by atoms with van der Waals surface area (Å²) >= 11 is 0. The van der Waals surface area contributed by atoms with Gasteiger partial charge in [0, 0.05) is 25.5 Å². The predicted molar refractivity (Wildman–Crippen MR) is 63.3 cm³/mol. The molecule has 1 aliphatic heterocycles. The molecule has 0 amide bonds. The van der Waals surface area contributed by atoms with E-state index in [2.05, 4.69) is 11.5 Å². The van der Waals surface area contributed by atoms with Crippen LogP contribution in [0.2, 0.25) is 0 Å². The minimum atomic E-state index is -0.309. The van der Waals surface area contributed by atoms with Gasteiger partial charge in [0.2, 0.25) is 0 Å². The van der Waals surface area contributed by atoms with Gasteiger partial charge in [-0.25, -0.2) is 0 Å². The summed E-state index contributed by atoms with van der Waals surface area (Å²) in [5.41, 5.74) is 1.03. The number of aliphatic hydroxyl groups is 1. The zero-order chi connectivity index (χ0) is 11.4. The first-order chi connectivity index (χ1) is 7.79. The first-order valence-corrected chi connectivity index (χ1v) is 6.25. The van der Waals surface area contributed by atoms with Crippen molar-refractivity contribution in [3.05, 3.63) is 24.0 Å². The molecule has 0 spiro atoms. The van der Waals surface area contributed by atoms with Crippen molar-refractivity contribution in [2.75, 3.05) is 6.61 Å². The van der Waals surface area contributed by atoms with Crippen LogP contribution in [0.1, 0.15) is 44.3 Å². The highest BCUT2D eigenvalue weighted by molar-refractivity contribution is 5.13. The van der Waals surface area contributed by atoms with Crippen molar-refractivity contribution in [1.82, 2.24) is 4.57 Å². The van der Waals surface area contributed by atoms with Crippen molar-refractivity contribution in [3.63, 3.8) is 0 Å². The molecule has 1 aromatic rings. The third kappa shape index (κ3) is 2.86. The molecule has 3 nitrogen and oxygen atoms in total. The van der Waals surface area contributed by atoms with Gasteiger partial charge in [-0.15, -0.1) is 0 Å². The van der Waals surface area contributed by atoms with Crippen molar-refractivity contribution >= 4 is 0 Å². The third-order valence-corrected chi connectivity index (χ3v) is 3.16. The standard InChI is InChI=1S/C13H21NO2/c1-2-4-13(15)11-6-7-14(9-11)10-12-5-3-8-16-12/h6-7,9,12-13,15H,2-5,8,10H2,1H3. The number of hydrogen-bond acceptors (Lipinski definition) is 2. The molecular formula is C13H21NO2. The Morgan fingerprint density at radius 1 is 1.62 bits per heavy atom. The average Bonchev–Trinajstić information content (AvgIpc) is 2.90. The summed E-state index contributed by atoms with van der Waals surface area (Å²) in [6.45, 7) is 3.91. The number of nitrogens with zero attached hydrogens (tertiary/aromatic N) is 1. The van der Waals surface area contributed by atoms with Crippen molar-refractivity contribution in [3.8, 4) is 0 Å². The Morgan fingerprint density at radius 3 is 3.19 bits per heavy atom. The van der Waals surface area contributed by atoms with Crippen LogP contribution in [0.25, 0.3) is 0 Å². The van der Waals surface area contributed by atoms with Gasteiger partial charge in [-0.3, -0.25) is 0 Å². The maximum Gasteiger partial charge on any atom is 0.0804 e. The van der Waals surface area contributed by atoms with E-state index in [0.29, 0.717) is 6.10 Å². The SMILES string of the molecule is CCCC(O)c1ccn(CC2CCCO2)c1. The largest absolute Gasteiger partial charge is 0.388 e. The fraction of sp³-hybridized carbons (Fsp3) is 0.692. The van der Waals surface area contributed by atoms with Gasteiger partial charge in [0.1, 0.15) is 0 Å². The molecule has 16 heavy (non-hydrogen) atoms. The van der Waals surface area contributed by atoms with E-state index < -0.39 is 0 Å². The molecule has 3 heteroatoms. The highest BCUT2D eigenvalue weighted by Gasteiger charge is 2.16. The number of aromatic nitrogens is 1. The van der Waals surface area contributed by atoms with E-state index in [-0.39, 0.29) is 6.10 Å². The van der Waals surface area contributed by atoms with Gasteiger partial charge >= 0.3 is 0 Å². The molecule has 0 aliphatic carbocycles. The van der Waals surface area contributed by atoms with E-state index in [1.807, 2.05) is 18.5 Å². The highest BCUT2D eigenvalue weighted by Crippen LogP contribution is 2.20. The van der Waals surface area contributed by atoms with Crippen LogP contribution in [-0.2, 0) is 11.3 Å². The van der Waals surface area contributed by atoms with Gasteiger partial charge in [0.15, 0.2) is 0 Å². The fourth-order valence-corrected chi connectivity index (χ4v) is 2.23. The van der Waals surface area contributed by atoms with Gasteiger partial charge in [-0.2, -0.15) is 0 Å². The van der Waals surface area contributed by atoms with E-state index in [1.54, 1.807) is 0 Å². The summed E-state index contributed by atoms with van der Waals surface area (Å²) in [6.07, 6.45) is 8.32. The molecule has 0 aromatic carbocycles. The summed E-state index contributed by atoms with van der Waals surface area (Å²) in [4.78, 5) is 0. The molecule has 2 unspecified atom stereocenters. The molecule has 90 valence electrons. The minimum Gasteiger partial charge on any atom is -0.388 e. The monoisotopic (exact) mass is 223 g/mol. The molecule has 0 bridgehead atoms. The molecular weight excluding hydrogens is 202 g/mol. The van der Waals surface area contributed by atoms with Crippen LogP contribution in [0, 0.1) is 0 Å². The maximum atomic E-state index is 9.85. The zero-order valence-electron chi connectivity index (χ0n) is 9.93. The molecule has 1 aromatic heterocycles. The first kappa shape index (κ1) is 11.7. The Kier molecular flexibility index (Phi) is 4.02. The number of hydrogen-bond donors (Lipinski definition) is 1. The number of ether oxygens (including phenoxy) is 1. The highest BCUT2D eigenvalue weighted by atomic mass is 16.5. The van der Waals surface area contributed by atoms with Crippen molar-refractivity contribution < 1.29 is 9.84 Å². The zero-order valence-corrected chi connectivity index (χ0v) is 9.93. The quantitative estimate of drug-likeness (QED) is 0.832. The van der Waals surface area contributed by atoms with Crippen LogP contribution < -0.4 is 0 Å². The molecule has 2 rings (SSSR count). The average molecular weight is 223 g/mol. The second-order valence-electron chi connectivity index (χ2n) is 4.58. The lowest BCUT2D eigenvalue weighted by Crippen LogP contribution is -2.13. The van der Waals surface area contributed by atoms with E-state index in [4.69, 9.17) is 4.74 Å². The van der Waals surface area contributed by atoms with E-state index in [1.165, 1.54) is 6.42 Å². The van der Waals surface area contributed by atoms with Crippen molar-refractivity contribution in [2.24, 2.45) is 0 Å². The van der Waals surface area contributed by atoms with E-state index >= 15 is 0 Å². The van der Waals surface area contributed by atoms with Crippen molar-refractivity contribution in [1.29, 1.82) is 0 Å². The Hall–Kier alpha value is -0.800. The molecule has 0 radical (unpaired) electrons. The first-order valence-electron chi connectivity index (χ1n) is 6.25. The topological polar surface area (TPSA) is 34.4 Å². The summed E-state index contributed by atoms with van der Waals surface area (Å²) < 4.78 is 7.72. The Morgan fingerprint density at radius 2 is 2.50 bits per heavy atom. The van der Waals surface area contributed by atoms with Crippen LogP contribution >= 0.6 is 0 Å². The van der Waals surface area contributed by atoms with Crippen LogP contribution in [0.4, 0.5) is 0 Å². The smallest absolute Gasteiger partial charge is 0.0804 e. The van der Waals surface area contributed by atoms with E-state index in [9.17, 15) is 5.11 Å². The van der Waals surface area contributed by atoms with Crippen LogP contribution in [0.15, 0.2) is 18.5 Å². The summed E-state index contributed by atoms with van der Waals surface area (Å²) in [5, 5.41) is 9.85. The van der Waals surface area contributed by atoms with Crippen LogP contribution in [0.5, 0.6) is 0 Å². The lowest BCUT2D eigenvalue weighted by atomic mass is 10.1. The molecule has 2 heterocycles. The van der Waals surface area contributed by atoms with Gasteiger partial charge in [-0.05, 0) is 30.9 Å². The van der Waals surface area contributed by atoms with Gasteiger partial charge in [-0.1, -0.05) is 13.3 Å². The van der Waals surface area contributed by atoms with E-state index in [0.717, 1.165) is 38.0 Å². The normalized spacial score (nSPS) is 22.5. The Bertz CT molecular complexity index is 315. The molecule has 1 aliphatic rings. The molecule has 1 saturated heterocycles. The third-order valence-electron chi connectivity index (χ3n) is 3.16. The second-order valence-corrected chi connectivity index (χ2v) is 4.58. The summed E-state index contributed by atoms with van der Waals surface area (Å²) in [7, 11) is 0. The number of rotatable bonds is 5. The summed E-state index contributed by atoms with van der Waals surface area (Å²) in [5.74, 6) is 0. The maximum absolute atomic E-state index is 9.85. The summed E-state index contributed by atoms with van der Waals surface area (Å²) in [6, 6.07) is 2.01. The fourth-order valence-electron chi connectivity index (χ4n) is 2.23. The second kappa shape index (κ2) is 5.51. The Labute approximate surface area is 97.0 Å². The predicted octanol–water partition coefficient (Wildman–Crippen LogP) is 2.50. The van der Waals surface area contributed by atoms with Crippen LogP contribution in [0.3, 0.4) is 0 Å². The van der Waals surface area contributed by atoms with Gasteiger partial charge in [0.05, 0.1) is 12.2 Å². The lowest BCUT2D eigenvalue weighted by Gasteiger charge is -2.10. The van der Waals surface area contributed by atoms with Crippen molar-refractivity contribution in [2.45, 2.75) is 51.4 Å². The minimum absolute atomic E-state index is 0.309. The molecule has 0 saturated carbocycles. The molecule has 2 atom stereocenters. The Balaban J connectivity index is 1.90.